The van der Waals surface area contributed by atoms with Crippen LogP contribution in [0.3, 0.4) is 0 Å². The van der Waals surface area contributed by atoms with E-state index in [1.54, 1.807) is 0 Å². The van der Waals surface area contributed by atoms with Crippen LogP contribution in [0.1, 0.15) is 0 Å². The second kappa shape index (κ2) is 8.44. The number of benzene rings is 9. The molecule has 0 spiro atoms. The van der Waals surface area contributed by atoms with Crippen molar-refractivity contribution in [2.24, 2.45) is 0 Å². The standard InChI is InChI=1S/C42H24O/c1-3-12-30-25(7-1)9-6-14-32(30)36-24-23-35(40-37-22-17-26-8-2-4-13-31(26)41(37)43-42(36)40)33-20-18-29-16-15-27-10-5-11-28-19-21-34(33)39(29)38(27)28/h1-24H. The van der Waals surface area contributed by atoms with Crippen LogP contribution < -0.4 is 0 Å². The molecule has 1 aromatic heterocycles. The summed E-state index contributed by atoms with van der Waals surface area (Å²) in [5.41, 5.74) is 6.62. The lowest BCUT2D eigenvalue weighted by molar-refractivity contribution is 0.674. The Hall–Kier alpha value is -5.66. The van der Waals surface area contributed by atoms with Gasteiger partial charge in [0.25, 0.3) is 0 Å². The summed E-state index contributed by atoms with van der Waals surface area (Å²) in [6.45, 7) is 0. The van der Waals surface area contributed by atoms with Gasteiger partial charge in [0.2, 0.25) is 0 Å². The second-order valence-electron chi connectivity index (χ2n) is 11.6. The van der Waals surface area contributed by atoms with Crippen molar-refractivity contribution >= 4 is 75.8 Å². The minimum atomic E-state index is 0.936. The summed E-state index contributed by atoms with van der Waals surface area (Å²) in [7, 11) is 0. The van der Waals surface area contributed by atoms with Crippen molar-refractivity contribution in [2.45, 2.75) is 0 Å². The minimum absolute atomic E-state index is 0.936. The molecule has 10 rings (SSSR count). The molecule has 0 radical (unpaired) electrons. The van der Waals surface area contributed by atoms with Crippen molar-refractivity contribution in [3.05, 3.63) is 146 Å². The molecule has 0 aliphatic heterocycles. The van der Waals surface area contributed by atoms with Crippen LogP contribution in [0.4, 0.5) is 0 Å². The van der Waals surface area contributed by atoms with Crippen LogP contribution in [0.25, 0.3) is 98.1 Å². The highest BCUT2D eigenvalue weighted by Gasteiger charge is 2.21. The highest BCUT2D eigenvalue weighted by Crippen LogP contribution is 2.47. The number of furan rings is 1. The summed E-state index contributed by atoms with van der Waals surface area (Å²) in [6.07, 6.45) is 0. The zero-order chi connectivity index (χ0) is 28.1. The predicted octanol–water partition coefficient (Wildman–Crippen LogP) is 12.1. The highest BCUT2D eigenvalue weighted by atomic mass is 16.3. The van der Waals surface area contributed by atoms with Gasteiger partial charge in [-0.05, 0) is 77.3 Å². The highest BCUT2D eigenvalue weighted by molar-refractivity contribution is 6.28. The van der Waals surface area contributed by atoms with E-state index in [0.29, 0.717) is 0 Å². The average Bonchev–Trinajstić information content (AvgIpc) is 3.47. The van der Waals surface area contributed by atoms with Crippen LogP contribution in [0, 0.1) is 0 Å². The van der Waals surface area contributed by atoms with E-state index in [2.05, 4.69) is 146 Å². The van der Waals surface area contributed by atoms with E-state index in [-0.39, 0.29) is 0 Å². The first-order valence-electron chi connectivity index (χ1n) is 14.9. The number of rotatable bonds is 2. The zero-order valence-corrected chi connectivity index (χ0v) is 23.3. The van der Waals surface area contributed by atoms with E-state index in [4.69, 9.17) is 4.42 Å². The third-order valence-corrected chi connectivity index (χ3v) is 9.41. The third kappa shape index (κ3) is 3.11. The molecule has 0 bridgehead atoms. The Morgan fingerprint density at radius 2 is 0.791 bits per heavy atom. The van der Waals surface area contributed by atoms with Gasteiger partial charge in [-0.2, -0.15) is 0 Å². The molecule has 0 atom stereocenters. The van der Waals surface area contributed by atoms with Gasteiger partial charge in [0.05, 0.1) is 0 Å². The van der Waals surface area contributed by atoms with Gasteiger partial charge in [0, 0.05) is 21.7 Å². The van der Waals surface area contributed by atoms with Crippen LogP contribution in [0.5, 0.6) is 0 Å². The molecule has 43 heavy (non-hydrogen) atoms. The lowest BCUT2D eigenvalue weighted by atomic mass is 9.87. The van der Waals surface area contributed by atoms with E-state index >= 15 is 0 Å². The summed E-state index contributed by atoms with van der Waals surface area (Å²) in [5, 5.41) is 14.9. The Morgan fingerprint density at radius 1 is 0.256 bits per heavy atom. The van der Waals surface area contributed by atoms with Crippen LogP contribution in [0.2, 0.25) is 0 Å². The van der Waals surface area contributed by atoms with Crippen molar-refractivity contribution < 1.29 is 4.42 Å². The SMILES string of the molecule is c1ccc2c(-c3ccc(-c4ccc5ccc6cccc7ccc4c5c67)c4c3oc3c5ccccc5ccc34)cccc2c1. The Labute approximate surface area is 247 Å². The van der Waals surface area contributed by atoms with Gasteiger partial charge in [-0.15, -0.1) is 0 Å². The van der Waals surface area contributed by atoms with Gasteiger partial charge < -0.3 is 4.42 Å². The molecule has 9 aromatic carbocycles. The molecule has 0 saturated carbocycles. The van der Waals surface area contributed by atoms with Gasteiger partial charge in [-0.3, -0.25) is 0 Å². The molecular weight excluding hydrogens is 520 g/mol. The fourth-order valence-electron chi connectivity index (χ4n) is 7.47. The maximum Gasteiger partial charge on any atom is 0.143 e. The molecule has 0 aliphatic rings. The molecule has 0 fully saturated rings. The fraction of sp³-hybridized carbons (Fsp3) is 0. The third-order valence-electron chi connectivity index (χ3n) is 9.41. The number of hydrogen-bond acceptors (Lipinski definition) is 1. The second-order valence-corrected chi connectivity index (χ2v) is 11.6. The Kier molecular flexibility index (Phi) is 4.51. The summed E-state index contributed by atoms with van der Waals surface area (Å²) >= 11 is 0. The molecule has 10 aromatic rings. The number of hydrogen-bond donors (Lipinski definition) is 0. The maximum atomic E-state index is 6.99. The van der Waals surface area contributed by atoms with Crippen LogP contribution >= 0.6 is 0 Å². The van der Waals surface area contributed by atoms with E-state index in [9.17, 15) is 0 Å². The van der Waals surface area contributed by atoms with Crippen LogP contribution in [-0.4, -0.2) is 0 Å². The first kappa shape index (κ1) is 23.0. The van der Waals surface area contributed by atoms with Crippen molar-refractivity contribution in [1.82, 2.24) is 0 Å². The quantitative estimate of drug-likeness (QED) is 0.197. The summed E-state index contributed by atoms with van der Waals surface area (Å²) in [6, 6.07) is 53.0. The van der Waals surface area contributed by atoms with Crippen LogP contribution in [-0.2, 0) is 0 Å². The van der Waals surface area contributed by atoms with E-state index in [0.717, 1.165) is 27.5 Å². The van der Waals surface area contributed by atoms with Gasteiger partial charge in [-0.1, -0.05) is 133 Å². The molecule has 0 unspecified atom stereocenters. The Bertz CT molecular complexity index is 2700. The molecule has 198 valence electrons. The number of fused-ring (bicyclic) bond motifs is 6. The largest absolute Gasteiger partial charge is 0.455 e. The van der Waals surface area contributed by atoms with Crippen molar-refractivity contribution in [2.75, 3.05) is 0 Å². The summed E-state index contributed by atoms with van der Waals surface area (Å²) in [5.74, 6) is 0. The molecule has 0 saturated heterocycles. The Balaban J connectivity index is 1.37. The average molecular weight is 545 g/mol. The van der Waals surface area contributed by atoms with E-state index < -0.39 is 0 Å². The summed E-state index contributed by atoms with van der Waals surface area (Å²) in [4.78, 5) is 0. The van der Waals surface area contributed by atoms with Crippen molar-refractivity contribution in [1.29, 1.82) is 0 Å². The molecule has 1 heteroatoms. The topological polar surface area (TPSA) is 13.1 Å². The zero-order valence-electron chi connectivity index (χ0n) is 23.3. The van der Waals surface area contributed by atoms with Crippen molar-refractivity contribution in [3.8, 4) is 22.3 Å². The smallest absolute Gasteiger partial charge is 0.143 e. The molecule has 0 amide bonds. The molecule has 0 N–H and O–H groups in total. The predicted molar refractivity (Wildman–Crippen MR) is 183 cm³/mol. The van der Waals surface area contributed by atoms with Crippen LogP contribution in [0.15, 0.2) is 150 Å². The first-order chi connectivity index (χ1) is 21.3. The molecular formula is C42H24O. The van der Waals surface area contributed by atoms with E-state index in [1.165, 1.54) is 70.6 Å². The minimum Gasteiger partial charge on any atom is -0.455 e. The lowest BCUT2D eigenvalue weighted by Gasteiger charge is -2.15. The molecule has 0 aliphatic carbocycles. The summed E-state index contributed by atoms with van der Waals surface area (Å²) < 4.78 is 6.99. The van der Waals surface area contributed by atoms with Crippen molar-refractivity contribution in [3.63, 3.8) is 0 Å². The van der Waals surface area contributed by atoms with Gasteiger partial charge in [0.15, 0.2) is 0 Å². The van der Waals surface area contributed by atoms with Gasteiger partial charge in [-0.25, -0.2) is 0 Å². The van der Waals surface area contributed by atoms with E-state index in [1.807, 2.05) is 0 Å². The molecule has 1 heterocycles. The maximum absolute atomic E-state index is 6.99. The van der Waals surface area contributed by atoms with Gasteiger partial charge >= 0.3 is 0 Å². The van der Waals surface area contributed by atoms with Gasteiger partial charge in [0.1, 0.15) is 11.2 Å². The Morgan fingerprint density at radius 3 is 1.65 bits per heavy atom. The first-order valence-corrected chi connectivity index (χ1v) is 14.9. The lowest BCUT2D eigenvalue weighted by Crippen LogP contribution is -1.89. The monoisotopic (exact) mass is 544 g/mol. The molecule has 1 nitrogen and oxygen atoms in total. The normalized spacial score (nSPS) is 12.2. The fourth-order valence-corrected chi connectivity index (χ4v) is 7.47.